The Morgan fingerprint density at radius 3 is 2.07 bits per heavy atom. The Bertz CT molecular complexity index is 957. The first-order chi connectivity index (χ1) is 14.8. The Kier molecular flexibility index (Phi) is 5.54. The molecule has 0 N–H and O–H groups in total. The Morgan fingerprint density at radius 1 is 0.667 bits per heavy atom. The van der Waals surface area contributed by atoms with E-state index in [0.29, 0.717) is 0 Å². The van der Waals surface area contributed by atoms with Gasteiger partial charge in [-0.15, -0.1) is 22.7 Å². The maximum Gasteiger partial charge on any atom is 0.188 e. The molecule has 0 amide bonds. The Morgan fingerprint density at radius 2 is 1.33 bits per heavy atom. The molecular weight excluding hydrogens is 399 g/mol. The van der Waals surface area contributed by atoms with E-state index in [9.17, 15) is 0 Å². The van der Waals surface area contributed by atoms with Crippen molar-refractivity contribution >= 4 is 35.4 Å². The number of thiophene rings is 2. The van der Waals surface area contributed by atoms with E-state index in [1.165, 1.54) is 92.3 Å². The lowest BCUT2D eigenvalue weighted by Gasteiger charge is -2.10. The molecule has 3 saturated carbocycles. The van der Waals surface area contributed by atoms with Gasteiger partial charge in [0.15, 0.2) is 7.28 Å². The van der Waals surface area contributed by atoms with Crippen molar-refractivity contribution in [1.82, 2.24) is 0 Å². The van der Waals surface area contributed by atoms with Crippen molar-refractivity contribution in [2.24, 2.45) is 5.92 Å². The first-order valence-corrected chi connectivity index (χ1v) is 14.0. The van der Waals surface area contributed by atoms with Crippen molar-refractivity contribution in [2.45, 2.75) is 88.9 Å². The van der Waals surface area contributed by atoms with Crippen molar-refractivity contribution in [1.29, 1.82) is 0 Å². The SMILES string of the molecule is [B]1C(c2cc(C3CCCC3)c(-c3ccc(C4CCCC4)s3)s2)=CC=C1C1CCCC1. The number of allylic oxidation sites excluding steroid dienone is 3. The summed E-state index contributed by atoms with van der Waals surface area (Å²) in [6, 6.07) is 7.48. The Balaban J connectivity index is 1.29. The molecule has 3 aliphatic carbocycles. The van der Waals surface area contributed by atoms with Crippen LogP contribution in [-0.2, 0) is 0 Å². The maximum atomic E-state index is 2.58. The van der Waals surface area contributed by atoms with Crippen molar-refractivity contribution in [2.75, 3.05) is 0 Å². The lowest BCUT2D eigenvalue weighted by Crippen LogP contribution is -2.04. The normalized spacial score (nSPS) is 23.3. The summed E-state index contributed by atoms with van der Waals surface area (Å²) in [7, 11) is 2.52. The molecule has 1 radical (unpaired) electrons. The predicted molar refractivity (Wildman–Crippen MR) is 134 cm³/mol. The van der Waals surface area contributed by atoms with Gasteiger partial charge in [0.25, 0.3) is 0 Å². The van der Waals surface area contributed by atoms with Crippen LogP contribution in [0.1, 0.15) is 104 Å². The third-order valence-electron chi connectivity index (χ3n) is 8.05. The molecule has 0 spiro atoms. The second-order valence-corrected chi connectivity index (χ2v) is 12.1. The predicted octanol–water partition coefficient (Wildman–Crippen LogP) is 8.92. The molecular formula is C27H32BS2. The van der Waals surface area contributed by atoms with Gasteiger partial charge in [0.1, 0.15) is 0 Å². The van der Waals surface area contributed by atoms with Crippen LogP contribution in [0.2, 0.25) is 0 Å². The molecule has 3 fully saturated rings. The molecule has 0 bridgehead atoms. The summed E-state index contributed by atoms with van der Waals surface area (Å²) in [5.41, 5.74) is 4.73. The van der Waals surface area contributed by atoms with Crippen LogP contribution in [0.3, 0.4) is 0 Å². The standard InChI is InChI=1S/C27H32BS2/c1-2-8-18(7-1)21-17-26(23-14-13-22(28-23)19-9-3-4-10-19)30-27(21)25-16-15-24(29-25)20-11-5-6-12-20/h13-20H,1-12H2. The second-order valence-electron chi connectivity index (χ2n) is 9.97. The lowest BCUT2D eigenvalue weighted by molar-refractivity contribution is 0.672. The number of rotatable bonds is 5. The summed E-state index contributed by atoms with van der Waals surface area (Å²) in [6.07, 6.45) is 21.7. The van der Waals surface area contributed by atoms with Crippen LogP contribution in [0.25, 0.3) is 15.2 Å². The van der Waals surface area contributed by atoms with E-state index < -0.39 is 0 Å². The van der Waals surface area contributed by atoms with Crippen molar-refractivity contribution in [3.05, 3.63) is 51.1 Å². The molecule has 0 aromatic carbocycles. The zero-order valence-electron chi connectivity index (χ0n) is 18.0. The highest BCUT2D eigenvalue weighted by Gasteiger charge is 2.28. The van der Waals surface area contributed by atoms with Crippen molar-refractivity contribution < 1.29 is 0 Å². The van der Waals surface area contributed by atoms with Crippen LogP contribution in [-0.4, -0.2) is 7.28 Å². The van der Waals surface area contributed by atoms with E-state index in [2.05, 4.69) is 60.3 Å². The Hall–Kier alpha value is -1.06. The summed E-state index contributed by atoms with van der Waals surface area (Å²) in [4.78, 5) is 6.28. The van der Waals surface area contributed by atoms with Gasteiger partial charge in [0, 0.05) is 19.5 Å². The second kappa shape index (κ2) is 8.47. The minimum atomic E-state index is 0.784. The third-order valence-corrected chi connectivity index (χ3v) is 10.7. The average molecular weight is 431 g/mol. The van der Waals surface area contributed by atoms with Crippen molar-refractivity contribution in [3.63, 3.8) is 0 Å². The molecule has 0 atom stereocenters. The smallest absolute Gasteiger partial charge is 0.139 e. The molecule has 155 valence electrons. The molecule has 0 nitrogen and oxygen atoms in total. The van der Waals surface area contributed by atoms with Gasteiger partial charge in [-0.1, -0.05) is 61.6 Å². The zero-order valence-corrected chi connectivity index (χ0v) is 19.6. The largest absolute Gasteiger partial charge is 0.188 e. The fourth-order valence-corrected chi connectivity index (χ4v) is 8.86. The zero-order chi connectivity index (χ0) is 19.9. The summed E-state index contributed by atoms with van der Waals surface area (Å²) >= 11 is 4.18. The van der Waals surface area contributed by atoms with E-state index in [1.54, 1.807) is 20.8 Å². The van der Waals surface area contributed by atoms with Crippen molar-refractivity contribution in [3.8, 4) is 9.75 Å². The highest BCUT2D eigenvalue weighted by molar-refractivity contribution is 7.23. The molecule has 0 unspecified atom stereocenters. The molecule has 1 aliphatic heterocycles. The maximum absolute atomic E-state index is 2.58. The van der Waals surface area contributed by atoms with Crippen LogP contribution in [0, 0.1) is 5.92 Å². The van der Waals surface area contributed by atoms with Crippen LogP contribution >= 0.6 is 22.7 Å². The van der Waals surface area contributed by atoms with Gasteiger partial charge < -0.3 is 0 Å². The average Bonchev–Trinajstić information content (AvgIpc) is 3.62. The van der Waals surface area contributed by atoms with E-state index >= 15 is 0 Å². The van der Waals surface area contributed by atoms with E-state index in [-0.39, 0.29) is 0 Å². The van der Waals surface area contributed by atoms with Gasteiger partial charge in [-0.05, 0) is 80.0 Å². The fraction of sp³-hybridized carbons (Fsp3) is 0.556. The van der Waals surface area contributed by atoms with Crippen LogP contribution in [0.4, 0.5) is 0 Å². The molecule has 2 aromatic heterocycles. The summed E-state index contributed by atoms with van der Waals surface area (Å²) in [5.74, 6) is 2.44. The van der Waals surface area contributed by atoms with Gasteiger partial charge in [-0.25, -0.2) is 0 Å². The number of hydrogen-bond acceptors (Lipinski definition) is 2. The molecule has 6 rings (SSSR count). The topological polar surface area (TPSA) is 0 Å². The number of hydrogen-bond donors (Lipinski definition) is 0. The van der Waals surface area contributed by atoms with Gasteiger partial charge in [-0.2, -0.15) is 0 Å². The molecule has 4 aliphatic rings. The van der Waals surface area contributed by atoms with Crippen LogP contribution < -0.4 is 0 Å². The first kappa shape index (κ1) is 19.6. The van der Waals surface area contributed by atoms with Gasteiger partial charge in [0.05, 0.1) is 0 Å². The molecule has 3 heterocycles. The quantitative estimate of drug-likeness (QED) is 0.415. The van der Waals surface area contributed by atoms with Gasteiger partial charge >= 0.3 is 0 Å². The monoisotopic (exact) mass is 431 g/mol. The first-order valence-electron chi connectivity index (χ1n) is 12.4. The Labute approximate surface area is 190 Å². The van der Waals surface area contributed by atoms with Crippen LogP contribution in [0.5, 0.6) is 0 Å². The highest BCUT2D eigenvalue weighted by atomic mass is 32.1. The van der Waals surface area contributed by atoms with Gasteiger partial charge in [0.2, 0.25) is 0 Å². The minimum Gasteiger partial charge on any atom is -0.139 e. The van der Waals surface area contributed by atoms with E-state index in [1.807, 2.05) is 0 Å². The fourth-order valence-electron chi connectivity index (χ4n) is 6.31. The summed E-state index contributed by atoms with van der Waals surface area (Å²) in [5, 5.41) is 0. The van der Waals surface area contributed by atoms with Gasteiger partial charge in [-0.3, -0.25) is 0 Å². The molecule has 0 saturated heterocycles. The lowest BCUT2D eigenvalue weighted by atomic mass is 9.61. The molecule has 30 heavy (non-hydrogen) atoms. The van der Waals surface area contributed by atoms with E-state index in [0.717, 1.165) is 17.8 Å². The summed E-state index contributed by atoms with van der Waals surface area (Å²) in [6.45, 7) is 0. The third kappa shape index (κ3) is 3.71. The summed E-state index contributed by atoms with van der Waals surface area (Å²) < 4.78 is 0. The molecule has 3 heteroatoms. The van der Waals surface area contributed by atoms with Crippen LogP contribution in [0.15, 0.2) is 35.8 Å². The highest BCUT2D eigenvalue weighted by Crippen LogP contribution is 2.49. The van der Waals surface area contributed by atoms with E-state index in [4.69, 9.17) is 0 Å². The minimum absolute atomic E-state index is 0.784. The molecule has 2 aromatic rings.